The standard InChI is InChI=1S/C16H26BrN3/c1-3-18-11-13-10-14(17)12-19-16(13)20(4-2)15-8-6-5-7-9-15/h10,12,15,18H,3-9,11H2,1-2H3. The van der Waals surface area contributed by atoms with Crippen molar-refractivity contribution < 1.29 is 0 Å². The molecule has 1 N–H and O–H groups in total. The van der Waals surface area contributed by atoms with Crippen LogP contribution in [0.5, 0.6) is 0 Å². The highest BCUT2D eigenvalue weighted by Gasteiger charge is 2.23. The third kappa shape index (κ3) is 3.95. The van der Waals surface area contributed by atoms with Gasteiger partial charge in [0, 0.05) is 35.4 Å². The van der Waals surface area contributed by atoms with Crippen LogP contribution in [-0.2, 0) is 6.54 Å². The first-order valence-electron chi connectivity index (χ1n) is 7.88. The van der Waals surface area contributed by atoms with E-state index in [9.17, 15) is 0 Å². The molecule has 1 aliphatic carbocycles. The summed E-state index contributed by atoms with van der Waals surface area (Å²) in [6.07, 6.45) is 8.67. The molecular formula is C16H26BrN3. The largest absolute Gasteiger partial charge is 0.354 e. The predicted molar refractivity (Wildman–Crippen MR) is 89.2 cm³/mol. The molecule has 0 aromatic carbocycles. The summed E-state index contributed by atoms with van der Waals surface area (Å²) in [5.41, 5.74) is 1.30. The van der Waals surface area contributed by atoms with Crippen LogP contribution in [0.3, 0.4) is 0 Å². The first-order valence-corrected chi connectivity index (χ1v) is 8.67. The summed E-state index contributed by atoms with van der Waals surface area (Å²) in [7, 11) is 0. The number of rotatable bonds is 6. The predicted octanol–water partition coefficient (Wildman–Crippen LogP) is 4.11. The Hall–Kier alpha value is -0.610. The fourth-order valence-electron chi connectivity index (χ4n) is 3.10. The van der Waals surface area contributed by atoms with Gasteiger partial charge in [-0.2, -0.15) is 0 Å². The van der Waals surface area contributed by atoms with E-state index in [4.69, 9.17) is 4.98 Å². The normalized spacial score (nSPS) is 16.4. The van der Waals surface area contributed by atoms with Gasteiger partial charge in [0.05, 0.1) is 0 Å². The second-order valence-corrected chi connectivity index (χ2v) is 6.41. The van der Waals surface area contributed by atoms with Gasteiger partial charge in [0.25, 0.3) is 0 Å². The molecule has 20 heavy (non-hydrogen) atoms. The molecule has 112 valence electrons. The average Bonchev–Trinajstić information content (AvgIpc) is 2.49. The van der Waals surface area contributed by atoms with Crippen LogP contribution in [0, 0.1) is 0 Å². The van der Waals surface area contributed by atoms with Crippen molar-refractivity contribution >= 4 is 21.7 Å². The van der Waals surface area contributed by atoms with Crippen LogP contribution in [0.15, 0.2) is 16.7 Å². The molecule has 1 aliphatic rings. The lowest BCUT2D eigenvalue weighted by molar-refractivity contribution is 0.415. The van der Waals surface area contributed by atoms with Gasteiger partial charge in [-0.3, -0.25) is 0 Å². The summed E-state index contributed by atoms with van der Waals surface area (Å²) in [4.78, 5) is 7.23. The van der Waals surface area contributed by atoms with E-state index in [1.165, 1.54) is 43.5 Å². The number of halogens is 1. The molecule has 0 amide bonds. The molecule has 0 bridgehead atoms. The molecule has 0 unspecified atom stereocenters. The van der Waals surface area contributed by atoms with Crippen molar-refractivity contribution in [3.8, 4) is 0 Å². The zero-order valence-corrected chi connectivity index (χ0v) is 14.2. The number of pyridine rings is 1. The molecule has 4 heteroatoms. The molecule has 1 heterocycles. The third-order valence-corrected chi connectivity index (χ3v) is 4.54. The summed E-state index contributed by atoms with van der Waals surface area (Å²) in [5.74, 6) is 1.17. The van der Waals surface area contributed by atoms with E-state index >= 15 is 0 Å². The van der Waals surface area contributed by atoms with Crippen molar-refractivity contribution in [1.29, 1.82) is 0 Å². The van der Waals surface area contributed by atoms with Crippen molar-refractivity contribution in [1.82, 2.24) is 10.3 Å². The highest BCUT2D eigenvalue weighted by atomic mass is 79.9. The Bertz CT molecular complexity index is 416. The minimum atomic E-state index is 0.669. The molecule has 3 nitrogen and oxygen atoms in total. The van der Waals surface area contributed by atoms with Crippen LogP contribution in [0.25, 0.3) is 0 Å². The number of nitrogens with zero attached hydrogens (tertiary/aromatic N) is 2. The Morgan fingerprint density at radius 3 is 2.70 bits per heavy atom. The lowest BCUT2D eigenvalue weighted by atomic mass is 9.94. The minimum Gasteiger partial charge on any atom is -0.354 e. The second-order valence-electron chi connectivity index (χ2n) is 5.49. The number of aromatic nitrogens is 1. The van der Waals surface area contributed by atoms with Crippen LogP contribution in [0.1, 0.15) is 51.5 Å². The molecule has 2 rings (SSSR count). The number of hydrogen-bond acceptors (Lipinski definition) is 3. The van der Waals surface area contributed by atoms with Crippen molar-refractivity contribution in [2.75, 3.05) is 18.0 Å². The Kier molecular flexibility index (Phi) is 6.30. The SMILES string of the molecule is CCNCc1cc(Br)cnc1N(CC)C1CCCCC1. The molecule has 1 fully saturated rings. The van der Waals surface area contributed by atoms with Gasteiger partial charge in [-0.15, -0.1) is 0 Å². The smallest absolute Gasteiger partial charge is 0.133 e. The molecule has 1 saturated carbocycles. The minimum absolute atomic E-state index is 0.669. The summed E-state index contributed by atoms with van der Waals surface area (Å²) in [6.45, 7) is 7.31. The third-order valence-electron chi connectivity index (χ3n) is 4.10. The highest BCUT2D eigenvalue weighted by Crippen LogP contribution is 2.29. The topological polar surface area (TPSA) is 28.2 Å². The maximum absolute atomic E-state index is 4.72. The van der Waals surface area contributed by atoms with E-state index in [2.05, 4.69) is 46.1 Å². The van der Waals surface area contributed by atoms with Gasteiger partial charge in [-0.1, -0.05) is 26.2 Å². The molecule has 1 aromatic rings. The summed E-state index contributed by atoms with van der Waals surface area (Å²) in [5, 5.41) is 3.43. The van der Waals surface area contributed by atoms with E-state index < -0.39 is 0 Å². The Morgan fingerprint density at radius 2 is 2.05 bits per heavy atom. The molecule has 1 aromatic heterocycles. The Labute approximate surface area is 131 Å². The van der Waals surface area contributed by atoms with Gasteiger partial charge in [0.1, 0.15) is 5.82 Å². The van der Waals surface area contributed by atoms with E-state index in [0.717, 1.165) is 24.1 Å². The zero-order valence-electron chi connectivity index (χ0n) is 12.7. The van der Waals surface area contributed by atoms with Gasteiger partial charge in [0.2, 0.25) is 0 Å². The zero-order chi connectivity index (χ0) is 14.4. The number of hydrogen-bond donors (Lipinski definition) is 1. The van der Waals surface area contributed by atoms with Crippen molar-refractivity contribution in [3.63, 3.8) is 0 Å². The second kappa shape index (κ2) is 7.99. The Morgan fingerprint density at radius 1 is 1.30 bits per heavy atom. The van der Waals surface area contributed by atoms with E-state index in [0.29, 0.717) is 6.04 Å². The molecular weight excluding hydrogens is 314 g/mol. The van der Waals surface area contributed by atoms with E-state index in [1.54, 1.807) is 0 Å². The summed E-state index contributed by atoms with van der Waals surface area (Å²) in [6, 6.07) is 2.87. The molecule has 0 radical (unpaired) electrons. The highest BCUT2D eigenvalue weighted by molar-refractivity contribution is 9.10. The molecule has 0 saturated heterocycles. The van der Waals surface area contributed by atoms with Crippen LogP contribution in [0.4, 0.5) is 5.82 Å². The average molecular weight is 340 g/mol. The van der Waals surface area contributed by atoms with Gasteiger partial charge >= 0.3 is 0 Å². The number of nitrogens with one attached hydrogen (secondary N) is 1. The first kappa shape index (κ1) is 15.8. The van der Waals surface area contributed by atoms with E-state index in [-0.39, 0.29) is 0 Å². The summed E-state index contributed by atoms with van der Waals surface area (Å²) >= 11 is 3.55. The van der Waals surface area contributed by atoms with Gasteiger partial charge in [0.15, 0.2) is 0 Å². The lowest BCUT2D eigenvalue weighted by Gasteiger charge is -2.35. The lowest BCUT2D eigenvalue weighted by Crippen LogP contribution is -2.38. The van der Waals surface area contributed by atoms with Crippen LogP contribution >= 0.6 is 15.9 Å². The van der Waals surface area contributed by atoms with Gasteiger partial charge < -0.3 is 10.2 Å². The maximum Gasteiger partial charge on any atom is 0.133 e. The summed E-state index contributed by atoms with van der Waals surface area (Å²) < 4.78 is 1.06. The van der Waals surface area contributed by atoms with Crippen molar-refractivity contribution in [3.05, 3.63) is 22.3 Å². The monoisotopic (exact) mass is 339 g/mol. The quantitative estimate of drug-likeness (QED) is 0.845. The van der Waals surface area contributed by atoms with Crippen LogP contribution in [-0.4, -0.2) is 24.1 Å². The van der Waals surface area contributed by atoms with E-state index in [1.807, 2.05) is 6.20 Å². The molecule has 0 aliphatic heterocycles. The number of anilines is 1. The van der Waals surface area contributed by atoms with Crippen molar-refractivity contribution in [2.45, 2.75) is 58.5 Å². The first-order chi connectivity index (χ1) is 9.76. The molecule has 0 spiro atoms. The van der Waals surface area contributed by atoms with Gasteiger partial charge in [-0.25, -0.2) is 4.98 Å². The molecule has 0 atom stereocenters. The maximum atomic E-state index is 4.72. The Balaban J connectivity index is 2.22. The van der Waals surface area contributed by atoms with Gasteiger partial charge in [-0.05, 0) is 48.3 Å². The van der Waals surface area contributed by atoms with Crippen LogP contribution < -0.4 is 10.2 Å². The van der Waals surface area contributed by atoms with Crippen molar-refractivity contribution in [2.24, 2.45) is 0 Å². The fourth-order valence-corrected chi connectivity index (χ4v) is 3.47. The fraction of sp³-hybridized carbons (Fsp3) is 0.688. The van der Waals surface area contributed by atoms with Crippen LogP contribution in [0.2, 0.25) is 0 Å².